The summed E-state index contributed by atoms with van der Waals surface area (Å²) < 4.78 is 17.4. The number of nitrogens with zero attached hydrogens (tertiary/aromatic N) is 2. The van der Waals surface area contributed by atoms with Crippen molar-refractivity contribution in [1.82, 2.24) is 9.80 Å². The Labute approximate surface area is 185 Å². The minimum atomic E-state index is -0.381. The van der Waals surface area contributed by atoms with Crippen molar-refractivity contribution >= 4 is 0 Å². The highest BCUT2D eigenvalue weighted by molar-refractivity contribution is 5.44. The fourth-order valence-electron chi connectivity index (χ4n) is 7.26. The number of piperazine rings is 1. The second-order valence-electron chi connectivity index (χ2n) is 10.8. The molecule has 2 aliphatic heterocycles. The third-order valence-electron chi connectivity index (χ3n) is 8.34. The first kappa shape index (κ1) is 20.3. The molecule has 6 nitrogen and oxygen atoms in total. The van der Waals surface area contributed by atoms with Crippen LogP contribution in [0.3, 0.4) is 0 Å². The summed E-state index contributed by atoms with van der Waals surface area (Å²) in [5.74, 6) is 4.38. The lowest BCUT2D eigenvalue weighted by Crippen LogP contribution is -2.53. The fourth-order valence-corrected chi connectivity index (χ4v) is 7.26. The molecular weight excluding hydrogens is 392 g/mol. The number of hydrogen-bond acceptors (Lipinski definition) is 6. The van der Waals surface area contributed by atoms with Gasteiger partial charge in [0.25, 0.3) is 0 Å². The summed E-state index contributed by atoms with van der Waals surface area (Å²) >= 11 is 0. The Kier molecular flexibility index (Phi) is 5.37. The molecule has 2 heterocycles. The van der Waals surface area contributed by atoms with Crippen molar-refractivity contribution in [3.63, 3.8) is 0 Å². The number of benzene rings is 1. The van der Waals surface area contributed by atoms with Crippen LogP contribution in [0.4, 0.5) is 0 Å². The molecule has 4 saturated carbocycles. The summed E-state index contributed by atoms with van der Waals surface area (Å²) in [7, 11) is 0. The van der Waals surface area contributed by atoms with Gasteiger partial charge in [0.2, 0.25) is 6.79 Å². The van der Waals surface area contributed by atoms with Gasteiger partial charge in [-0.2, -0.15) is 0 Å². The molecule has 0 unspecified atom stereocenters. The van der Waals surface area contributed by atoms with Crippen molar-refractivity contribution in [2.75, 3.05) is 46.1 Å². The zero-order chi connectivity index (χ0) is 20.8. The van der Waals surface area contributed by atoms with E-state index in [1.165, 1.54) is 44.1 Å². The Hall–Kier alpha value is -1.34. The largest absolute Gasteiger partial charge is 0.454 e. The van der Waals surface area contributed by atoms with Crippen molar-refractivity contribution in [1.29, 1.82) is 0 Å². The maximum Gasteiger partial charge on any atom is 0.231 e. The van der Waals surface area contributed by atoms with Gasteiger partial charge in [-0.3, -0.25) is 9.80 Å². The average molecular weight is 429 g/mol. The van der Waals surface area contributed by atoms with Crippen molar-refractivity contribution in [3.8, 4) is 11.5 Å². The van der Waals surface area contributed by atoms with E-state index in [0.29, 0.717) is 13.4 Å². The predicted octanol–water partition coefficient (Wildman–Crippen LogP) is 2.88. The molecule has 1 N–H and O–H groups in total. The summed E-state index contributed by atoms with van der Waals surface area (Å²) in [5.41, 5.74) is 1.36. The van der Waals surface area contributed by atoms with Crippen LogP contribution in [0.1, 0.15) is 44.1 Å². The number of aliphatic hydroxyl groups excluding tert-OH is 1. The van der Waals surface area contributed by atoms with Crippen LogP contribution in [-0.4, -0.2) is 72.7 Å². The molecule has 1 atom stereocenters. The van der Waals surface area contributed by atoms with Crippen LogP contribution in [0, 0.1) is 17.8 Å². The van der Waals surface area contributed by atoms with E-state index in [4.69, 9.17) is 14.2 Å². The lowest BCUT2D eigenvalue weighted by Gasteiger charge is -2.56. The zero-order valence-corrected chi connectivity index (χ0v) is 18.5. The predicted molar refractivity (Wildman–Crippen MR) is 117 cm³/mol. The molecule has 0 amide bonds. The number of β-amino-alcohol motifs (C(OH)–C–C–N with tert-alkyl or cyclic N) is 1. The molecule has 0 radical (unpaired) electrons. The molecule has 5 fully saturated rings. The molecule has 6 aliphatic rings. The molecule has 4 bridgehead atoms. The summed E-state index contributed by atoms with van der Waals surface area (Å²) in [5, 5.41) is 10.7. The highest BCUT2D eigenvalue weighted by Gasteiger charge is 2.51. The fraction of sp³-hybridized carbons (Fsp3) is 0.760. The summed E-state index contributed by atoms with van der Waals surface area (Å²) in [6, 6.07) is 6.24. The van der Waals surface area contributed by atoms with Crippen molar-refractivity contribution in [3.05, 3.63) is 23.8 Å². The molecule has 1 aromatic rings. The molecule has 31 heavy (non-hydrogen) atoms. The van der Waals surface area contributed by atoms with Gasteiger partial charge in [-0.15, -0.1) is 0 Å². The number of hydrogen-bond donors (Lipinski definition) is 1. The third-order valence-corrected chi connectivity index (χ3v) is 8.34. The van der Waals surface area contributed by atoms with E-state index in [0.717, 1.165) is 68.5 Å². The van der Waals surface area contributed by atoms with E-state index in [1.54, 1.807) is 0 Å². The lowest BCUT2D eigenvalue weighted by molar-refractivity contribution is -0.176. The molecule has 1 aromatic carbocycles. The standard InChI is InChI=1S/C25H36N2O4/c28-22(16-31-25-11-19-7-20(12-25)9-21(8-19)13-25)15-27-5-3-26(4-6-27)14-18-1-2-23-24(10-18)30-17-29-23/h1-2,10,19-22,28H,3-9,11-17H2/t19?,20?,21?,22-,25?/m1/s1. The van der Waals surface area contributed by atoms with E-state index in [1.807, 2.05) is 6.07 Å². The number of fused-ring (bicyclic) bond motifs is 1. The molecular formula is C25H36N2O4. The van der Waals surface area contributed by atoms with Gasteiger partial charge in [-0.1, -0.05) is 6.07 Å². The van der Waals surface area contributed by atoms with E-state index < -0.39 is 0 Å². The first-order valence-electron chi connectivity index (χ1n) is 12.3. The van der Waals surface area contributed by atoms with Gasteiger partial charge in [-0.25, -0.2) is 0 Å². The molecule has 7 rings (SSSR count). The smallest absolute Gasteiger partial charge is 0.231 e. The van der Waals surface area contributed by atoms with Crippen LogP contribution in [0.25, 0.3) is 0 Å². The molecule has 170 valence electrons. The quantitative estimate of drug-likeness (QED) is 0.721. The van der Waals surface area contributed by atoms with Crippen molar-refractivity contribution in [2.45, 2.75) is 56.8 Å². The van der Waals surface area contributed by atoms with Gasteiger partial charge in [0, 0.05) is 39.3 Å². The minimum Gasteiger partial charge on any atom is -0.454 e. The van der Waals surface area contributed by atoms with E-state index in [2.05, 4.69) is 21.9 Å². The summed E-state index contributed by atoms with van der Waals surface area (Å²) in [6.07, 6.45) is 7.64. The average Bonchev–Trinajstić information content (AvgIpc) is 3.21. The van der Waals surface area contributed by atoms with Crippen molar-refractivity contribution < 1.29 is 19.3 Å². The van der Waals surface area contributed by atoms with E-state index in [9.17, 15) is 5.11 Å². The normalized spacial score (nSPS) is 35.6. The van der Waals surface area contributed by atoms with Gasteiger partial charge in [0.05, 0.1) is 18.3 Å². The minimum absolute atomic E-state index is 0.0963. The summed E-state index contributed by atoms with van der Waals surface area (Å²) in [6.45, 7) is 6.54. The zero-order valence-electron chi connectivity index (χ0n) is 18.5. The van der Waals surface area contributed by atoms with Crippen LogP contribution < -0.4 is 9.47 Å². The SMILES string of the molecule is O[C@@H](COC12CC3CC(CC(C3)C1)C2)CN1CCN(Cc2ccc3c(c2)OCO3)CC1. The highest BCUT2D eigenvalue weighted by atomic mass is 16.7. The maximum atomic E-state index is 10.7. The van der Waals surface area contributed by atoms with Gasteiger partial charge >= 0.3 is 0 Å². The molecule has 6 heteroatoms. The van der Waals surface area contributed by atoms with Crippen LogP contribution in [-0.2, 0) is 11.3 Å². The Balaban J connectivity index is 0.944. The maximum absolute atomic E-state index is 10.7. The monoisotopic (exact) mass is 428 g/mol. The number of aliphatic hydroxyl groups is 1. The number of rotatable bonds is 7. The first-order chi connectivity index (χ1) is 15.1. The van der Waals surface area contributed by atoms with Crippen molar-refractivity contribution in [2.24, 2.45) is 17.8 Å². The van der Waals surface area contributed by atoms with Gasteiger partial charge in [0.1, 0.15) is 0 Å². The Morgan fingerprint density at radius 3 is 2.29 bits per heavy atom. The second-order valence-corrected chi connectivity index (χ2v) is 10.8. The first-order valence-corrected chi connectivity index (χ1v) is 12.3. The van der Waals surface area contributed by atoms with E-state index >= 15 is 0 Å². The Bertz CT molecular complexity index is 756. The number of ether oxygens (including phenoxy) is 3. The summed E-state index contributed by atoms with van der Waals surface area (Å²) in [4.78, 5) is 4.87. The highest BCUT2D eigenvalue weighted by Crippen LogP contribution is 2.57. The topological polar surface area (TPSA) is 54.4 Å². The third kappa shape index (κ3) is 4.32. The second kappa shape index (κ2) is 8.22. The van der Waals surface area contributed by atoms with Gasteiger partial charge in [0.15, 0.2) is 11.5 Å². The lowest BCUT2D eigenvalue weighted by atomic mass is 9.54. The molecule has 0 spiro atoms. The van der Waals surface area contributed by atoms with Crippen LogP contribution >= 0.6 is 0 Å². The van der Waals surface area contributed by atoms with E-state index in [-0.39, 0.29) is 11.7 Å². The Morgan fingerprint density at radius 1 is 0.935 bits per heavy atom. The van der Waals surface area contributed by atoms with Crippen LogP contribution in [0.15, 0.2) is 18.2 Å². The van der Waals surface area contributed by atoms with Crippen LogP contribution in [0.5, 0.6) is 11.5 Å². The molecule has 0 aromatic heterocycles. The molecule has 1 saturated heterocycles. The molecule has 4 aliphatic carbocycles. The van der Waals surface area contributed by atoms with Gasteiger partial charge < -0.3 is 19.3 Å². The van der Waals surface area contributed by atoms with Gasteiger partial charge in [-0.05, 0) is 74.0 Å². The van der Waals surface area contributed by atoms with Crippen LogP contribution in [0.2, 0.25) is 0 Å². The Morgan fingerprint density at radius 2 is 1.58 bits per heavy atom.